The molecule has 0 saturated carbocycles. The summed E-state index contributed by atoms with van der Waals surface area (Å²) in [6.45, 7) is 0. The van der Waals surface area contributed by atoms with E-state index in [1.807, 2.05) is 36.4 Å². The topological polar surface area (TPSA) is 83.5 Å². The third-order valence-corrected chi connectivity index (χ3v) is 7.27. The number of carboxylic acids is 1. The van der Waals surface area contributed by atoms with Crippen molar-refractivity contribution in [1.29, 1.82) is 0 Å². The van der Waals surface area contributed by atoms with Crippen molar-refractivity contribution in [3.05, 3.63) is 69.0 Å². The molecular formula is C22H26INO4S. The van der Waals surface area contributed by atoms with Gasteiger partial charge in [0.2, 0.25) is 10.0 Å². The average Bonchev–Trinajstić information content (AvgIpc) is 3.25. The normalized spacial score (nSPS) is 20.7. The SMILES string of the molecule is O=C(O)CCCC=CCC1=C(NS(=O)(=O)CCc2cccc(I)c2)C2C=CC1C2. The van der Waals surface area contributed by atoms with Crippen LogP contribution in [-0.2, 0) is 21.2 Å². The van der Waals surface area contributed by atoms with Crippen LogP contribution in [0.25, 0.3) is 0 Å². The molecule has 2 N–H and O–H groups in total. The summed E-state index contributed by atoms with van der Waals surface area (Å²) in [5.74, 6) is -0.253. The van der Waals surface area contributed by atoms with Gasteiger partial charge in [-0.15, -0.1) is 0 Å². The zero-order chi connectivity index (χ0) is 20.9. The second kappa shape index (κ2) is 9.93. The fraction of sp³-hybridized carbons (Fsp3) is 0.409. The van der Waals surface area contributed by atoms with Gasteiger partial charge in [0.15, 0.2) is 0 Å². The number of hydrogen-bond acceptors (Lipinski definition) is 3. The molecule has 1 aromatic rings. The number of rotatable bonds is 11. The maximum atomic E-state index is 12.7. The van der Waals surface area contributed by atoms with E-state index in [0.29, 0.717) is 25.2 Å². The maximum absolute atomic E-state index is 12.7. The van der Waals surface area contributed by atoms with Crippen molar-refractivity contribution in [2.45, 2.75) is 38.5 Å². The molecule has 0 amide bonds. The van der Waals surface area contributed by atoms with E-state index in [-0.39, 0.29) is 18.1 Å². The number of fused-ring (bicyclic) bond motifs is 2. The Kier molecular flexibility index (Phi) is 7.56. The molecule has 156 valence electrons. The van der Waals surface area contributed by atoms with Gasteiger partial charge in [-0.05, 0) is 78.0 Å². The van der Waals surface area contributed by atoms with Gasteiger partial charge in [-0.25, -0.2) is 8.42 Å². The summed E-state index contributed by atoms with van der Waals surface area (Å²) in [5, 5.41) is 8.68. The number of carboxylic acid groups (broad SMARTS) is 1. The molecule has 7 heteroatoms. The Morgan fingerprint density at radius 3 is 2.79 bits per heavy atom. The minimum absolute atomic E-state index is 0.0655. The predicted octanol–water partition coefficient (Wildman–Crippen LogP) is 4.41. The van der Waals surface area contributed by atoms with Crippen molar-refractivity contribution in [3.63, 3.8) is 0 Å². The lowest BCUT2D eigenvalue weighted by Crippen LogP contribution is -2.29. The maximum Gasteiger partial charge on any atom is 0.303 e. The zero-order valence-electron chi connectivity index (χ0n) is 16.2. The van der Waals surface area contributed by atoms with Gasteiger partial charge < -0.3 is 5.11 Å². The smallest absolute Gasteiger partial charge is 0.303 e. The van der Waals surface area contributed by atoms with Gasteiger partial charge in [0, 0.05) is 27.5 Å². The van der Waals surface area contributed by atoms with Crippen LogP contribution in [0.3, 0.4) is 0 Å². The third-order valence-electron chi connectivity index (χ3n) is 5.33. The Labute approximate surface area is 186 Å². The summed E-state index contributed by atoms with van der Waals surface area (Å²) in [6.07, 6.45) is 11.9. The molecule has 2 bridgehead atoms. The fourth-order valence-electron chi connectivity index (χ4n) is 3.87. The second-order valence-electron chi connectivity index (χ2n) is 7.53. The van der Waals surface area contributed by atoms with E-state index in [0.717, 1.165) is 33.2 Å². The van der Waals surface area contributed by atoms with Crippen molar-refractivity contribution in [1.82, 2.24) is 4.72 Å². The number of nitrogens with one attached hydrogen (secondary N) is 1. The third kappa shape index (κ3) is 6.44. The number of allylic oxidation sites excluding steroid dienone is 5. The molecule has 29 heavy (non-hydrogen) atoms. The highest BCUT2D eigenvalue weighted by Crippen LogP contribution is 2.44. The van der Waals surface area contributed by atoms with Crippen molar-refractivity contribution in [3.8, 4) is 0 Å². The van der Waals surface area contributed by atoms with Crippen LogP contribution in [0.5, 0.6) is 0 Å². The Morgan fingerprint density at radius 2 is 2.03 bits per heavy atom. The second-order valence-corrected chi connectivity index (χ2v) is 10.6. The van der Waals surface area contributed by atoms with Crippen LogP contribution in [0, 0.1) is 15.4 Å². The molecule has 0 aromatic heterocycles. The van der Waals surface area contributed by atoms with E-state index >= 15 is 0 Å². The molecule has 1 aromatic carbocycles. The number of unbranched alkanes of at least 4 members (excludes halogenated alkanes) is 1. The molecule has 0 heterocycles. The molecule has 0 saturated heterocycles. The quantitative estimate of drug-likeness (QED) is 0.254. The lowest BCUT2D eigenvalue weighted by atomic mass is 9.98. The highest BCUT2D eigenvalue weighted by Gasteiger charge is 2.36. The molecule has 0 aliphatic heterocycles. The van der Waals surface area contributed by atoms with Crippen LogP contribution in [-0.4, -0.2) is 25.2 Å². The zero-order valence-corrected chi connectivity index (χ0v) is 19.2. The standard InChI is InChI=1S/C22H26INO4S/c23-19-7-5-6-16(14-19)12-13-29(27,28)24-22-18-11-10-17(15-18)20(22)8-3-1-2-4-9-21(25)26/h1,3,5-7,10-11,14,17-18,24H,2,4,8-9,12-13,15H2,(H,25,26). The summed E-state index contributed by atoms with van der Waals surface area (Å²) in [5.41, 5.74) is 3.01. The summed E-state index contributed by atoms with van der Waals surface area (Å²) in [7, 11) is -3.41. The van der Waals surface area contributed by atoms with Crippen molar-refractivity contribution < 1.29 is 18.3 Å². The van der Waals surface area contributed by atoms with Gasteiger partial charge in [-0.3, -0.25) is 9.52 Å². The highest BCUT2D eigenvalue weighted by atomic mass is 127. The van der Waals surface area contributed by atoms with E-state index in [1.54, 1.807) is 0 Å². The van der Waals surface area contributed by atoms with Crippen LogP contribution in [0.15, 0.2) is 59.8 Å². The van der Waals surface area contributed by atoms with E-state index in [9.17, 15) is 13.2 Å². The molecule has 2 aliphatic rings. The first-order valence-electron chi connectivity index (χ1n) is 9.87. The average molecular weight is 527 g/mol. The lowest BCUT2D eigenvalue weighted by Gasteiger charge is -2.18. The summed E-state index contributed by atoms with van der Waals surface area (Å²) >= 11 is 2.23. The molecule has 3 rings (SSSR count). The Hall–Kier alpha value is -1.61. The van der Waals surface area contributed by atoms with Crippen LogP contribution < -0.4 is 4.72 Å². The van der Waals surface area contributed by atoms with E-state index in [4.69, 9.17) is 5.11 Å². The number of sulfonamides is 1. The largest absolute Gasteiger partial charge is 0.481 e. The Morgan fingerprint density at radius 1 is 1.24 bits per heavy atom. The van der Waals surface area contributed by atoms with Gasteiger partial charge >= 0.3 is 5.97 Å². The number of halogens is 1. The van der Waals surface area contributed by atoms with Crippen molar-refractivity contribution >= 4 is 38.6 Å². The molecule has 2 aliphatic carbocycles. The first-order valence-corrected chi connectivity index (χ1v) is 12.6. The van der Waals surface area contributed by atoms with Gasteiger partial charge in [-0.1, -0.05) is 36.4 Å². The van der Waals surface area contributed by atoms with Gasteiger partial charge in [0.05, 0.1) is 5.75 Å². The van der Waals surface area contributed by atoms with E-state index in [2.05, 4.69) is 39.5 Å². The van der Waals surface area contributed by atoms with E-state index in [1.165, 1.54) is 0 Å². The fourth-order valence-corrected chi connectivity index (χ4v) is 5.71. The van der Waals surface area contributed by atoms with Crippen molar-refractivity contribution in [2.24, 2.45) is 11.8 Å². The van der Waals surface area contributed by atoms with E-state index < -0.39 is 16.0 Å². The molecule has 5 nitrogen and oxygen atoms in total. The number of carbonyl (C=O) groups is 1. The lowest BCUT2D eigenvalue weighted by molar-refractivity contribution is -0.137. The van der Waals surface area contributed by atoms with Gasteiger partial charge in [0.1, 0.15) is 0 Å². The summed E-state index contributed by atoms with van der Waals surface area (Å²) < 4.78 is 29.4. The first-order chi connectivity index (χ1) is 13.8. The van der Waals surface area contributed by atoms with Crippen LogP contribution in [0.2, 0.25) is 0 Å². The van der Waals surface area contributed by atoms with Gasteiger partial charge in [0.25, 0.3) is 0 Å². The number of benzene rings is 1. The molecule has 2 unspecified atom stereocenters. The number of aliphatic carboxylic acids is 1. The molecule has 2 atom stereocenters. The molecule has 0 fully saturated rings. The van der Waals surface area contributed by atoms with Crippen molar-refractivity contribution in [2.75, 3.05) is 5.75 Å². The monoisotopic (exact) mass is 527 g/mol. The predicted molar refractivity (Wildman–Crippen MR) is 123 cm³/mol. The van der Waals surface area contributed by atoms with Crippen LogP contribution in [0.4, 0.5) is 0 Å². The minimum Gasteiger partial charge on any atom is -0.481 e. The number of hydrogen-bond donors (Lipinski definition) is 2. The molecular weight excluding hydrogens is 501 g/mol. The molecule has 0 radical (unpaired) electrons. The number of aryl methyl sites for hydroxylation is 1. The molecule has 0 spiro atoms. The van der Waals surface area contributed by atoms with Crippen LogP contribution in [0.1, 0.15) is 37.7 Å². The van der Waals surface area contributed by atoms with Gasteiger partial charge in [-0.2, -0.15) is 0 Å². The Balaban J connectivity index is 1.60. The Bertz CT molecular complexity index is 949. The summed E-state index contributed by atoms with van der Waals surface area (Å²) in [6, 6.07) is 7.90. The first kappa shape index (κ1) is 22.1. The minimum atomic E-state index is -3.41. The highest BCUT2D eigenvalue weighted by molar-refractivity contribution is 14.1. The summed E-state index contributed by atoms with van der Waals surface area (Å²) in [4.78, 5) is 10.6. The van der Waals surface area contributed by atoms with Crippen LogP contribution >= 0.6 is 22.6 Å².